The van der Waals surface area contributed by atoms with Gasteiger partial charge in [0.2, 0.25) is 0 Å². The highest BCUT2D eigenvalue weighted by atomic mass is 28.3. The Bertz CT molecular complexity index is 158. The van der Waals surface area contributed by atoms with Crippen molar-refractivity contribution >= 4 is 8.07 Å². The van der Waals surface area contributed by atoms with E-state index in [9.17, 15) is 0 Å². The third-order valence-corrected chi connectivity index (χ3v) is 3.47. The molecular weight excluding hydrogens is 112 g/mol. The fourth-order valence-electron chi connectivity index (χ4n) is 0.836. The summed E-state index contributed by atoms with van der Waals surface area (Å²) in [5.74, 6) is 0. The van der Waals surface area contributed by atoms with Crippen LogP contribution in [0.5, 0.6) is 0 Å². The van der Waals surface area contributed by atoms with Crippen LogP contribution < -0.4 is 0 Å². The van der Waals surface area contributed by atoms with E-state index >= 15 is 0 Å². The monoisotopic (exact) mass is 124 g/mol. The fourth-order valence-corrected chi connectivity index (χ4v) is 2.41. The van der Waals surface area contributed by atoms with Crippen LogP contribution in [0.15, 0.2) is 23.4 Å². The molecule has 0 radical (unpaired) electrons. The molecule has 0 aliphatic heterocycles. The summed E-state index contributed by atoms with van der Waals surface area (Å²) in [6.07, 6.45) is 2.20. The Hall–Kier alpha value is -0.303. The summed E-state index contributed by atoms with van der Waals surface area (Å²) in [5, 5.41) is 1.57. The number of allylic oxidation sites excluding steroid dienone is 3. The van der Waals surface area contributed by atoms with Gasteiger partial charge < -0.3 is 0 Å². The zero-order valence-corrected chi connectivity index (χ0v) is 6.78. The molecular formula is C7H12Si. The highest BCUT2D eigenvalue weighted by Crippen LogP contribution is 2.34. The molecule has 0 unspecified atom stereocenters. The first-order valence-corrected chi connectivity index (χ1v) is 6.43. The zero-order chi connectivity index (χ0) is 6.36. The molecule has 44 valence electrons. The Morgan fingerprint density at radius 3 is 1.75 bits per heavy atom. The van der Waals surface area contributed by atoms with Crippen molar-refractivity contribution in [3.05, 3.63) is 23.4 Å². The average Bonchev–Trinajstić information content (AvgIpc) is 2.13. The predicted octanol–water partition coefficient (Wildman–Crippen LogP) is 2.36. The van der Waals surface area contributed by atoms with Gasteiger partial charge in [-0.3, -0.25) is 0 Å². The van der Waals surface area contributed by atoms with E-state index in [2.05, 4.69) is 32.3 Å². The molecule has 0 fully saturated rings. The van der Waals surface area contributed by atoms with Crippen LogP contribution >= 0.6 is 0 Å². The van der Waals surface area contributed by atoms with Gasteiger partial charge in [-0.1, -0.05) is 37.5 Å². The van der Waals surface area contributed by atoms with Gasteiger partial charge in [0.15, 0.2) is 0 Å². The molecule has 1 heteroatoms. The summed E-state index contributed by atoms with van der Waals surface area (Å²) in [5.41, 5.74) is 1.30. The van der Waals surface area contributed by atoms with Crippen molar-refractivity contribution in [1.29, 1.82) is 0 Å². The molecule has 0 amide bonds. The fraction of sp³-hybridized carbons (Fsp3) is 0.429. The summed E-state index contributed by atoms with van der Waals surface area (Å²) in [6.45, 7) is 10.9. The maximum Gasteiger partial charge on any atom is 0.0783 e. The SMILES string of the molecule is C=C1C=C1[Si](C)(C)C. The summed E-state index contributed by atoms with van der Waals surface area (Å²) in [6, 6.07) is 0. The molecule has 0 nitrogen and oxygen atoms in total. The van der Waals surface area contributed by atoms with Gasteiger partial charge >= 0.3 is 0 Å². The van der Waals surface area contributed by atoms with E-state index in [4.69, 9.17) is 0 Å². The first kappa shape index (κ1) is 5.83. The minimum absolute atomic E-state index is 0.925. The minimum atomic E-state index is -0.925. The Morgan fingerprint density at radius 2 is 1.75 bits per heavy atom. The third-order valence-electron chi connectivity index (χ3n) is 1.39. The van der Waals surface area contributed by atoms with Crippen molar-refractivity contribution in [2.75, 3.05) is 0 Å². The first-order chi connectivity index (χ1) is 3.52. The van der Waals surface area contributed by atoms with Crippen molar-refractivity contribution in [1.82, 2.24) is 0 Å². The van der Waals surface area contributed by atoms with Crippen LogP contribution in [0.25, 0.3) is 0 Å². The lowest BCUT2D eigenvalue weighted by Crippen LogP contribution is -2.18. The largest absolute Gasteiger partial charge is 0.0919 e. The van der Waals surface area contributed by atoms with Gasteiger partial charge in [-0.25, -0.2) is 0 Å². The molecule has 0 aromatic carbocycles. The minimum Gasteiger partial charge on any atom is -0.0919 e. The van der Waals surface area contributed by atoms with Crippen molar-refractivity contribution < 1.29 is 0 Å². The van der Waals surface area contributed by atoms with Crippen molar-refractivity contribution in [3.8, 4) is 0 Å². The van der Waals surface area contributed by atoms with E-state index in [-0.39, 0.29) is 0 Å². The lowest BCUT2D eigenvalue weighted by molar-refractivity contribution is 1.73. The Labute approximate surface area is 51.9 Å². The smallest absolute Gasteiger partial charge is 0.0783 e. The van der Waals surface area contributed by atoms with Gasteiger partial charge in [-0.15, -0.1) is 0 Å². The first-order valence-electron chi connectivity index (χ1n) is 2.93. The molecule has 0 spiro atoms. The second-order valence-corrected chi connectivity index (χ2v) is 8.37. The summed E-state index contributed by atoms with van der Waals surface area (Å²) < 4.78 is 0. The Morgan fingerprint density at radius 1 is 1.38 bits per heavy atom. The van der Waals surface area contributed by atoms with Gasteiger partial charge in [-0.05, 0) is 5.57 Å². The average molecular weight is 124 g/mol. The highest BCUT2D eigenvalue weighted by molar-refractivity contribution is 6.85. The molecule has 1 rings (SSSR count). The van der Waals surface area contributed by atoms with Gasteiger partial charge in [0.05, 0.1) is 8.07 Å². The molecule has 0 aromatic heterocycles. The number of hydrogen-bond donors (Lipinski definition) is 0. The summed E-state index contributed by atoms with van der Waals surface area (Å²) >= 11 is 0. The maximum absolute atomic E-state index is 3.86. The quantitative estimate of drug-likeness (QED) is 0.471. The highest BCUT2D eigenvalue weighted by Gasteiger charge is 2.28. The maximum atomic E-state index is 3.86. The second kappa shape index (κ2) is 1.35. The van der Waals surface area contributed by atoms with Crippen LogP contribution in [0.3, 0.4) is 0 Å². The molecule has 0 heterocycles. The normalized spacial score (nSPS) is 18.4. The third kappa shape index (κ3) is 0.919. The van der Waals surface area contributed by atoms with Crippen molar-refractivity contribution in [2.45, 2.75) is 19.6 Å². The van der Waals surface area contributed by atoms with Crippen LogP contribution in [0, 0.1) is 0 Å². The van der Waals surface area contributed by atoms with Gasteiger partial charge in [-0.2, -0.15) is 0 Å². The van der Waals surface area contributed by atoms with E-state index in [0.29, 0.717) is 0 Å². The summed E-state index contributed by atoms with van der Waals surface area (Å²) in [4.78, 5) is 0. The van der Waals surface area contributed by atoms with Crippen LogP contribution in [-0.4, -0.2) is 8.07 Å². The molecule has 0 atom stereocenters. The second-order valence-electron chi connectivity index (χ2n) is 3.33. The number of rotatable bonds is 1. The zero-order valence-electron chi connectivity index (χ0n) is 5.78. The summed E-state index contributed by atoms with van der Waals surface area (Å²) in [7, 11) is -0.925. The van der Waals surface area contributed by atoms with E-state index in [1.54, 1.807) is 5.20 Å². The van der Waals surface area contributed by atoms with Crippen LogP contribution in [0.4, 0.5) is 0 Å². The number of hydrogen-bond acceptors (Lipinski definition) is 0. The van der Waals surface area contributed by atoms with Crippen molar-refractivity contribution in [3.63, 3.8) is 0 Å². The van der Waals surface area contributed by atoms with Crippen LogP contribution in [-0.2, 0) is 0 Å². The van der Waals surface area contributed by atoms with Crippen molar-refractivity contribution in [2.24, 2.45) is 0 Å². The molecule has 0 N–H and O–H groups in total. The molecule has 8 heavy (non-hydrogen) atoms. The lowest BCUT2D eigenvalue weighted by atomic mass is 10.7. The molecule has 0 aromatic rings. The molecule has 1 aliphatic carbocycles. The van der Waals surface area contributed by atoms with Gasteiger partial charge in [0.1, 0.15) is 0 Å². The molecule has 0 saturated heterocycles. The topological polar surface area (TPSA) is 0 Å². The van der Waals surface area contributed by atoms with E-state index < -0.39 is 8.07 Å². The molecule has 0 saturated carbocycles. The van der Waals surface area contributed by atoms with Crippen LogP contribution in [0.1, 0.15) is 0 Å². The molecule has 1 aliphatic rings. The molecule has 0 bridgehead atoms. The lowest BCUT2D eigenvalue weighted by Gasteiger charge is -2.09. The van der Waals surface area contributed by atoms with Gasteiger partial charge in [0.25, 0.3) is 0 Å². The Kier molecular flexibility index (Phi) is 0.982. The Balaban J connectivity index is 2.64. The van der Waals surface area contributed by atoms with E-state index in [0.717, 1.165) is 0 Å². The predicted molar refractivity (Wildman–Crippen MR) is 40.6 cm³/mol. The van der Waals surface area contributed by atoms with E-state index in [1.165, 1.54) is 5.57 Å². The van der Waals surface area contributed by atoms with Crippen LogP contribution in [0.2, 0.25) is 19.6 Å². The van der Waals surface area contributed by atoms with Gasteiger partial charge in [0, 0.05) is 0 Å². The van der Waals surface area contributed by atoms with E-state index in [1.807, 2.05) is 0 Å². The standard InChI is InChI=1S/C7H12Si/c1-6-5-7(6)8(2,3)4/h5H,1H2,2-4H3.